The van der Waals surface area contributed by atoms with Gasteiger partial charge in [0.25, 0.3) is 10.0 Å². The van der Waals surface area contributed by atoms with E-state index < -0.39 is 22.4 Å². The smallest absolute Gasteiger partial charge is 0.263 e. The van der Waals surface area contributed by atoms with Crippen LogP contribution in [0.2, 0.25) is 0 Å². The van der Waals surface area contributed by atoms with Crippen molar-refractivity contribution in [3.8, 4) is 16.9 Å². The molecule has 0 amide bonds. The number of aliphatic hydroxyl groups excluding tert-OH is 1. The van der Waals surface area contributed by atoms with Crippen molar-refractivity contribution >= 4 is 15.8 Å². The second kappa shape index (κ2) is 7.99. The van der Waals surface area contributed by atoms with Gasteiger partial charge in [0.2, 0.25) is 0 Å². The summed E-state index contributed by atoms with van der Waals surface area (Å²) >= 11 is 0. The Kier molecular flexibility index (Phi) is 5.66. The number of ether oxygens (including phenoxy) is 1. The minimum Gasteiger partial charge on any atom is -0.494 e. The van der Waals surface area contributed by atoms with Crippen molar-refractivity contribution in [1.82, 2.24) is 9.78 Å². The molecule has 0 saturated carbocycles. The molecule has 0 bridgehead atoms. The quantitative estimate of drug-likeness (QED) is 0.630. The van der Waals surface area contributed by atoms with Gasteiger partial charge in [0, 0.05) is 6.54 Å². The normalized spacial score (nSPS) is 11.4. The van der Waals surface area contributed by atoms with E-state index in [1.807, 2.05) is 0 Å². The Labute approximate surface area is 162 Å². The number of hydrogen-bond donors (Lipinski definition) is 2. The molecule has 0 spiro atoms. The average molecular weight is 405 g/mol. The molecule has 0 aliphatic heterocycles. The molecule has 148 valence electrons. The van der Waals surface area contributed by atoms with Crippen LogP contribution in [0.3, 0.4) is 0 Å². The third-order valence-electron chi connectivity index (χ3n) is 4.23. The standard InChI is InChI=1S/C19H20FN3O4S/c1-3-23-16(12-24)18(13-9-10-17(27-2)15(20)11-13)19(21-23)22-28(25,26)14-7-5-4-6-8-14/h4-11,24H,3,12H2,1-2H3,(H,21,22). The van der Waals surface area contributed by atoms with Crippen molar-refractivity contribution in [2.75, 3.05) is 11.8 Å². The number of sulfonamides is 1. The Morgan fingerprint density at radius 2 is 1.93 bits per heavy atom. The number of nitrogens with one attached hydrogen (secondary N) is 1. The second-order valence-electron chi connectivity index (χ2n) is 5.91. The van der Waals surface area contributed by atoms with Crippen molar-refractivity contribution in [2.45, 2.75) is 25.0 Å². The largest absolute Gasteiger partial charge is 0.494 e. The van der Waals surface area contributed by atoms with Gasteiger partial charge >= 0.3 is 0 Å². The summed E-state index contributed by atoms with van der Waals surface area (Å²) in [6.45, 7) is 1.81. The Bertz CT molecular complexity index is 1080. The SMILES string of the molecule is CCn1nc(NS(=O)(=O)c2ccccc2)c(-c2ccc(OC)c(F)c2)c1CO. The highest BCUT2D eigenvalue weighted by Gasteiger charge is 2.24. The van der Waals surface area contributed by atoms with Crippen molar-refractivity contribution < 1.29 is 22.7 Å². The van der Waals surface area contributed by atoms with Gasteiger partial charge in [0.15, 0.2) is 17.4 Å². The summed E-state index contributed by atoms with van der Waals surface area (Å²) in [6, 6.07) is 12.1. The molecule has 0 aliphatic carbocycles. The number of methoxy groups -OCH3 is 1. The highest BCUT2D eigenvalue weighted by Crippen LogP contribution is 2.35. The summed E-state index contributed by atoms with van der Waals surface area (Å²) in [7, 11) is -2.56. The highest BCUT2D eigenvalue weighted by atomic mass is 32.2. The van der Waals surface area contributed by atoms with E-state index in [4.69, 9.17) is 4.74 Å². The van der Waals surface area contributed by atoms with E-state index in [1.165, 1.54) is 36.1 Å². The molecule has 7 nitrogen and oxygen atoms in total. The zero-order valence-corrected chi connectivity index (χ0v) is 16.2. The van der Waals surface area contributed by atoms with Gasteiger partial charge in [-0.1, -0.05) is 24.3 Å². The molecule has 1 aromatic heterocycles. The fourth-order valence-corrected chi connectivity index (χ4v) is 3.93. The number of aryl methyl sites for hydroxylation is 1. The number of hydrogen-bond acceptors (Lipinski definition) is 5. The predicted octanol–water partition coefficient (Wildman–Crippen LogP) is 3.01. The van der Waals surface area contributed by atoms with Crippen LogP contribution in [0.25, 0.3) is 11.1 Å². The lowest BCUT2D eigenvalue weighted by atomic mass is 10.0. The molecule has 0 radical (unpaired) electrons. The van der Waals surface area contributed by atoms with E-state index in [1.54, 1.807) is 31.2 Å². The molecule has 0 fully saturated rings. The monoisotopic (exact) mass is 405 g/mol. The van der Waals surface area contributed by atoms with Crippen molar-refractivity contribution in [2.24, 2.45) is 0 Å². The minimum atomic E-state index is -3.91. The van der Waals surface area contributed by atoms with Gasteiger partial charge in [-0.05, 0) is 36.8 Å². The summed E-state index contributed by atoms with van der Waals surface area (Å²) in [5, 5.41) is 14.1. The number of nitrogens with zero attached hydrogens (tertiary/aromatic N) is 2. The molecule has 0 atom stereocenters. The first-order valence-electron chi connectivity index (χ1n) is 8.53. The average Bonchev–Trinajstić information content (AvgIpc) is 3.05. The lowest BCUT2D eigenvalue weighted by Gasteiger charge is -2.10. The third kappa shape index (κ3) is 3.71. The minimum absolute atomic E-state index is 0.0133. The molecular weight excluding hydrogens is 385 g/mol. The van der Waals surface area contributed by atoms with Crippen LogP contribution in [0.15, 0.2) is 53.4 Å². The van der Waals surface area contributed by atoms with Gasteiger partial charge in [0.05, 0.1) is 29.9 Å². The maximum absolute atomic E-state index is 14.2. The van der Waals surface area contributed by atoms with E-state index in [0.717, 1.165) is 0 Å². The molecule has 0 saturated heterocycles. The zero-order chi connectivity index (χ0) is 20.3. The van der Waals surface area contributed by atoms with Crippen LogP contribution >= 0.6 is 0 Å². The number of benzene rings is 2. The molecule has 1 heterocycles. The fourth-order valence-electron chi connectivity index (χ4n) is 2.90. The summed E-state index contributed by atoms with van der Waals surface area (Å²) < 4.78 is 48.6. The first-order valence-corrected chi connectivity index (χ1v) is 10.0. The van der Waals surface area contributed by atoms with Crippen LogP contribution in [0.5, 0.6) is 5.75 Å². The van der Waals surface area contributed by atoms with Gasteiger partial charge in [-0.15, -0.1) is 0 Å². The predicted molar refractivity (Wildman–Crippen MR) is 103 cm³/mol. The van der Waals surface area contributed by atoms with Gasteiger partial charge in [0.1, 0.15) is 0 Å². The lowest BCUT2D eigenvalue weighted by molar-refractivity contribution is 0.269. The third-order valence-corrected chi connectivity index (χ3v) is 5.59. The van der Waals surface area contributed by atoms with Crippen molar-refractivity contribution in [3.63, 3.8) is 0 Å². The first kappa shape index (κ1) is 19.8. The Morgan fingerprint density at radius 1 is 1.21 bits per heavy atom. The Balaban J connectivity index is 2.14. The van der Waals surface area contributed by atoms with Crippen LogP contribution in [0.1, 0.15) is 12.6 Å². The second-order valence-corrected chi connectivity index (χ2v) is 7.59. The van der Waals surface area contributed by atoms with E-state index in [9.17, 15) is 17.9 Å². The molecule has 2 N–H and O–H groups in total. The molecule has 2 aromatic carbocycles. The van der Waals surface area contributed by atoms with Crippen LogP contribution in [0.4, 0.5) is 10.2 Å². The van der Waals surface area contributed by atoms with Crippen LogP contribution in [-0.4, -0.2) is 30.4 Å². The molecular formula is C19H20FN3O4S. The number of halogens is 1. The summed E-state index contributed by atoms with van der Waals surface area (Å²) in [6.07, 6.45) is 0. The summed E-state index contributed by atoms with van der Waals surface area (Å²) in [4.78, 5) is 0.0680. The van der Waals surface area contributed by atoms with E-state index in [0.29, 0.717) is 23.4 Å². The summed E-state index contributed by atoms with van der Waals surface area (Å²) in [5.41, 5.74) is 1.05. The number of anilines is 1. The van der Waals surface area contributed by atoms with E-state index in [2.05, 4.69) is 9.82 Å². The number of aliphatic hydroxyl groups is 1. The first-order chi connectivity index (χ1) is 13.4. The van der Waals surface area contributed by atoms with E-state index in [-0.39, 0.29) is 16.5 Å². The Hall–Kier alpha value is -2.91. The molecule has 28 heavy (non-hydrogen) atoms. The fraction of sp³-hybridized carbons (Fsp3) is 0.211. The molecule has 0 aliphatic rings. The summed E-state index contributed by atoms with van der Waals surface area (Å²) in [5.74, 6) is -0.534. The van der Waals surface area contributed by atoms with Crippen LogP contribution < -0.4 is 9.46 Å². The van der Waals surface area contributed by atoms with Gasteiger partial charge in [-0.2, -0.15) is 5.10 Å². The maximum atomic E-state index is 14.2. The molecule has 3 aromatic rings. The van der Waals surface area contributed by atoms with Crippen molar-refractivity contribution in [3.05, 3.63) is 60.0 Å². The van der Waals surface area contributed by atoms with Crippen molar-refractivity contribution in [1.29, 1.82) is 0 Å². The lowest BCUT2D eigenvalue weighted by Crippen LogP contribution is -2.14. The van der Waals surface area contributed by atoms with Gasteiger partial charge < -0.3 is 9.84 Å². The van der Waals surface area contributed by atoms with E-state index >= 15 is 0 Å². The van der Waals surface area contributed by atoms with Gasteiger partial charge in [-0.25, -0.2) is 12.8 Å². The zero-order valence-electron chi connectivity index (χ0n) is 15.4. The molecule has 0 unspecified atom stereocenters. The maximum Gasteiger partial charge on any atom is 0.263 e. The van der Waals surface area contributed by atoms with Gasteiger partial charge in [-0.3, -0.25) is 9.40 Å². The number of aromatic nitrogens is 2. The molecule has 9 heteroatoms. The topological polar surface area (TPSA) is 93.5 Å². The number of rotatable bonds is 7. The Morgan fingerprint density at radius 3 is 2.50 bits per heavy atom. The highest BCUT2D eigenvalue weighted by molar-refractivity contribution is 7.92. The van der Waals surface area contributed by atoms with Crippen LogP contribution in [0, 0.1) is 5.82 Å². The molecule has 3 rings (SSSR count). The van der Waals surface area contributed by atoms with Crippen LogP contribution in [-0.2, 0) is 23.2 Å².